The highest BCUT2D eigenvalue weighted by Crippen LogP contribution is 2.25. The second-order valence-electron chi connectivity index (χ2n) is 7.98. The monoisotopic (exact) mass is 363 g/mol. The minimum Gasteiger partial charge on any atom is -0.357 e. The van der Waals surface area contributed by atoms with Crippen molar-refractivity contribution < 1.29 is 4.79 Å². The van der Waals surface area contributed by atoms with Crippen molar-refractivity contribution in [3.05, 3.63) is 59.8 Å². The Kier molecular flexibility index (Phi) is 5.71. The third-order valence-corrected chi connectivity index (χ3v) is 6.00. The van der Waals surface area contributed by atoms with E-state index in [1.54, 1.807) is 6.20 Å². The van der Waals surface area contributed by atoms with Gasteiger partial charge in [0.2, 0.25) is 0 Å². The Morgan fingerprint density at radius 2 is 1.78 bits per heavy atom. The zero-order valence-corrected chi connectivity index (χ0v) is 15.9. The summed E-state index contributed by atoms with van der Waals surface area (Å²) in [5.41, 5.74) is 2.16. The van der Waals surface area contributed by atoms with E-state index in [-0.39, 0.29) is 5.91 Å². The number of nitrogens with zero attached hydrogens (tertiary/aromatic N) is 2. The fourth-order valence-corrected chi connectivity index (χ4v) is 4.39. The van der Waals surface area contributed by atoms with Gasteiger partial charge in [-0.15, -0.1) is 0 Å². The van der Waals surface area contributed by atoms with E-state index in [0.29, 0.717) is 6.04 Å². The van der Waals surface area contributed by atoms with Gasteiger partial charge < -0.3 is 10.2 Å². The van der Waals surface area contributed by atoms with Crippen LogP contribution in [-0.2, 0) is 6.42 Å². The molecule has 2 heterocycles. The molecule has 2 fully saturated rings. The summed E-state index contributed by atoms with van der Waals surface area (Å²) in [6, 6.07) is 14.9. The van der Waals surface area contributed by atoms with Gasteiger partial charge in [0.1, 0.15) is 5.82 Å². The van der Waals surface area contributed by atoms with Crippen LogP contribution in [0.2, 0.25) is 0 Å². The van der Waals surface area contributed by atoms with E-state index >= 15 is 0 Å². The third kappa shape index (κ3) is 4.68. The lowest BCUT2D eigenvalue weighted by Gasteiger charge is -2.33. The molecule has 1 aromatic heterocycles. The Morgan fingerprint density at radius 3 is 2.52 bits per heavy atom. The van der Waals surface area contributed by atoms with E-state index in [2.05, 4.69) is 45.5 Å². The number of carbonyl (C=O) groups is 1. The fraction of sp³-hybridized carbons (Fsp3) is 0.478. The average Bonchev–Trinajstić information content (AvgIpc) is 3.22. The summed E-state index contributed by atoms with van der Waals surface area (Å²) in [4.78, 5) is 19.4. The van der Waals surface area contributed by atoms with Crippen LogP contribution in [0.25, 0.3) is 0 Å². The molecule has 142 valence electrons. The number of rotatable bonds is 5. The topological polar surface area (TPSA) is 45.2 Å². The number of nitrogens with one attached hydrogen (secondary N) is 1. The smallest absolute Gasteiger partial charge is 0.251 e. The molecule has 1 aliphatic heterocycles. The molecule has 4 heteroatoms. The number of hydrogen-bond acceptors (Lipinski definition) is 3. The van der Waals surface area contributed by atoms with E-state index in [1.165, 1.54) is 31.2 Å². The van der Waals surface area contributed by atoms with Gasteiger partial charge in [0.05, 0.1) is 0 Å². The number of pyridine rings is 1. The van der Waals surface area contributed by atoms with Gasteiger partial charge in [-0.25, -0.2) is 4.98 Å². The van der Waals surface area contributed by atoms with Crippen molar-refractivity contribution in [2.24, 2.45) is 5.92 Å². The van der Waals surface area contributed by atoms with Crippen molar-refractivity contribution in [1.82, 2.24) is 10.3 Å². The number of anilines is 1. The van der Waals surface area contributed by atoms with E-state index in [9.17, 15) is 4.79 Å². The zero-order chi connectivity index (χ0) is 18.5. The lowest BCUT2D eigenvalue weighted by Crippen LogP contribution is -2.35. The van der Waals surface area contributed by atoms with Gasteiger partial charge in [-0.3, -0.25) is 4.79 Å². The summed E-state index contributed by atoms with van der Waals surface area (Å²) in [5, 5.41) is 3.17. The molecule has 4 nitrogen and oxygen atoms in total. The second kappa shape index (κ2) is 8.55. The van der Waals surface area contributed by atoms with Crippen LogP contribution in [0, 0.1) is 5.92 Å². The largest absolute Gasteiger partial charge is 0.357 e. The predicted octanol–water partition coefficient (Wildman–Crippen LogP) is 4.21. The van der Waals surface area contributed by atoms with Gasteiger partial charge in [-0.2, -0.15) is 0 Å². The van der Waals surface area contributed by atoms with E-state index in [1.807, 2.05) is 12.1 Å². The summed E-state index contributed by atoms with van der Waals surface area (Å²) in [5.74, 6) is 1.72. The molecule has 1 saturated carbocycles. The Labute approximate surface area is 162 Å². The van der Waals surface area contributed by atoms with Crippen LogP contribution in [-0.4, -0.2) is 30.0 Å². The summed E-state index contributed by atoms with van der Waals surface area (Å²) >= 11 is 0. The van der Waals surface area contributed by atoms with Crippen LogP contribution in [0.5, 0.6) is 0 Å². The van der Waals surface area contributed by atoms with E-state index in [4.69, 9.17) is 0 Å². The van der Waals surface area contributed by atoms with Gasteiger partial charge in [0.25, 0.3) is 5.91 Å². The molecule has 1 amide bonds. The van der Waals surface area contributed by atoms with Crippen LogP contribution in [0.3, 0.4) is 0 Å². The molecule has 1 aliphatic carbocycles. The first-order valence-corrected chi connectivity index (χ1v) is 10.3. The quantitative estimate of drug-likeness (QED) is 0.865. The van der Waals surface area contributed by atoms with E-state index < -0.39 is 0 Å². The maximum absolute atomic E-state index is 12.5. The molecule has 4 rings (SSSR count). The summed E-state index contributed by atoms with van der Waals surface area (Å²) in [6.07, 6.45) is 9.96. The van der Waals surface area contributed by atoms with Crippen molar-refractivity contribution in [2.45, 2.75) is 51.0 Å². The average molecular weight is 364 g/mol. The SMILES string of the molecule is O=C(NC1CCCC1)c1ccnc(N2CCC(Cc3ccccc3)CC2)c1. The minimum atomic E-state index is 0.0458. The second-order valence-corrected chi connectivity index (χ2v) is 7.98. The molecular formula is C23H29N3O. The maximum Gasteiger partial charge on any atom is 0.251 e. The molecule has 0 spiro atoms. The van der Waals surface area contributed by atoms with Crippen LogP contribution < -0.4 is 10.2 Å². The molecule has 0 radical (unpaired) electrons. The first-order valence-electron chi connectivity index (χ1n) is 10.3. The predicted molar refractivity (Wildman–Crippen MR) is 109 cm³/mol. The van der Waals surface area contributed by atoms with Gasteiger partial charge in [-0.1, -0.05) is 43.2 Å². The lowest BCUT2D eigenvalue weighted by atomic mass is 9.90. The lowest BCUT2D eigenvalue weighted by molar-refractivity contribution is 0.0938. The number of piperidine rings is 1. The van der Waals surface area contributed by atoms with Crippen molar-refractivity contribution in [3.8, 4) is 0 Å². The molecule has 2 aliphatic rings. The van der Waals surface area contributed by atoms with Crippen molar-refractivity contribution in [1.29, 1.82) is 0 Å². The Morgan fingerprint density at radius 1 is 1.04 bits per heavy atom. The first kappa shape index (κ1) is 18.0. The fourth-order valence-electron chi connectivity index (χ4n) is 4.39. The summed E-state index contributed by atoms with van der Waals surface area (Å²) < 4.78 is 0. The Balaban J connectivity index is 1.33. The number of amides is 1. The number of aromatic nitrogens is 1. The Bertz CT molecular complexity index is 747. The van der Waals surface area contributed by atoms with Gasteiger partial charge in [0.15, 0.2) is 0 Å². The number of benzene rings is 1. The highest BCUT2D eigenvalue weighted by atomic mass is 16.1. The Hall–Kier alpha value is -2.36. The summed E-state index contributed by atoms with van der Waals surface area (Å²) in [6.45, 7) is 2.02. The van der Waals surface area contributed by atoms with E-state index in [0.717, 1.165) is 49.7 Å². The minimum absolute atomic E-state index is 0.0458. The van der Waals surface area contributed by atoms with Gasteiger partial charge >= 0.3 is 0 Å². The molecule has 2 aromatic rings. The first-order chi connectivity index (χ1) is 13.3. The maximum atomic E-state index is 12.5. The van der Waals surface area contributed by atoms with Crippen molar-refractivity contribution >= 4 is 11.7 Å². The molecule has 1 aromatic carbocycles. The molecule has 1 N–H and O–H groups in total. The third-order valence-electron chi connectivity index (χ3n) is 6.00. The standard InChI is InChI=1S/C23H29N3O/c27-23(25-21-8-4-5-9-21)20-10-13-24-22(17-20)26-14-11-19(12-15-26)16-18-6-2-1-3-7-18/h1-3,6-7,10,13,17,19,21H,4-5,8-9,11-12,14-16H2,(H,25,27). The molecular weight excluding hydrogens is 334 g/mol. The number of hydrogen-bond donors (Lipinski definition) is 1. The highest BCUT2D eigenvalue weighted by Gasteiger charge is 2.22. The number of carbonyl (C=O) groups excluding carboxylic acids is 1. The molecule has 27 heavy (non-hydrogen) atoms. The van der Waals surface area contributed by atoms with Crippen LogP contribution in [0.15, 0.2) is 48.7 Å². The zero-order valence-electron chi connectivity index (χ0n) is 15.9. The molecule has 0 unspecified atom stereocenters. The highest BCUT2D eigenvalue weighted by molar-refractivity contribution is 5.95. The summed E-state index contributed by atoms with van der Waals surface area (Å²) in [7, 11) is 0. The van der Waals surface area contributed by atoms with Crippen molar-refractivity contribution in [2.75, 3.05) is 18.0 Å². The van der Waals surface area contributed by atoms with Gasteiger partial charge in [0, 0.05) is 30.9 Å². The van der Waals surface area contributed by atoms with Crippen LogP contribution in [0.1, 0.15) is 54.4 Å². The van der Waals surface area contributed by atoms with Crippen LogP contribution >= 0.6 is 0 Å². The molecule has 1 saturated heterocycles. The molecule has 0 bridgehead atoms. The van der Waals surface area contributed by atoms with Crippen molar-refractivity contribution in [3.63, 3.8) is 0 Å². The normalized spacial score (nSPS) is 18.6. The van der Waals surface area contributed by atoms with Crippen LogP contribution in [0.4, 0.5) is 5.82 Å². The molecule has 0 atom stereocenters. The van der Waals surface area contributed by atoms with Gasteiger partial charge in [-0.05, 0) is 55.7 Å².